The third-order valence-electron chi connectivity index (χ3n) is 3.44. The molecule has 0 unspecified atom stereocenters. The molecule has 0 aliphatic carbocycles. The largest absolute Gasteiger partial charge is 0.347 e. The van der Waals surface area contributed by atoms with Gasteiger partial charge >= 0.3 is 0 Å². The average Bonchev–Trinajstić information content (AvgIpc) is 2.42. The highest BCUT2D eigenvalue weighted by atomic mass is 16.2. The zero-order valence-corrected chi connectivity index (χ0v) is 13.7. The molecule has 0 aliphatic heterocycles. The summed E-state index contributed by atoms with van der Waals surface area (Å²) in [6.45, 7) is 10.7. The zero-order valence-electron chi connectivity index (χ0n) is 13.7. The quantitative estimate of drug-likeness (QED) is 0.906. The summed E-state index contributed by atoms with van der Waals surface area (Å²) < 4.78 is 0. The lowest BCUT2D eigenvalue weighted by atomic mass is 9.96. The number of hydrogen-bond donors (Lipinski definition) is 1. The van der Waals surface area contributed by atoms with Crippen LogP contribution in [0.1, 0.15) is 38.8 Å². The molecule has 1 aromatic rings. The van der Waals surface area contributed by atoms with E-state index in [9.17, 15) is 9.59 Å². The summed E-state index contributed by atoms with van der Waals surface area (Å²) >= 11 is 0. The first-order chi connectivity index (χ1) is 9.75. The normalized spacial score (nSPS) is 11.1. The van der Waals surface area contributed by atoms with Gasteiger partial charge in [-0.15, -0.1) is 0 Å². The Bertz CT molecular complexity index is 504. The Labute approximate surface area is 127 Å². The number of carbonyl (C=O) groups excluding carboxylic acids is 2. The SMILES string of the molecule is CCN(Cc1ccccc1C)C(=O)CNC(=O)C(C)(C)C. The molecule has 0 saturated heterocycles. The van der Waals surface area contributed by atoms with Gasteiger partial charge in [0.25, 0.3) is 0 Å². The summed E-state index contributed by atoms with van der Waals surface area (Å²) in [6, 6.07) is 8.02. The van der Waals surface area contributed by atoms with Gasteiger partial charge in [0.15, 0.2) is 0 Å². The van der Waals surface area contributed by atoms with E-state index in [1.807, 2.05) is 58.9 Å². The van der Waals surface area contributed by atoms with Crippen LogP contribution in [0.3, 0.4) is 0 Å². The molecule has 0 fully saturated rings. The van der Waals surface area contributed by atoms with Gasteiger partial charge in [0.1, 0.15) is 0 Å². The Hall–Kier alpha value is -1.84. The van der Waals surface area contributed by atoms with E-state index in [0.717, 1.165) is 5.56 Å². The van der Waals surface area contributed by atoms with Crippen LogP contribution in [0.15, 0.2) is 24.3 Å². The number of hydrogen-bond acceptors (Lipinski definition) is 2. The average molecular weight is 290 g/mol. The number of benzene rings is 1. The predicted molar refractivity (Wildman–Crippen MR) is 84.7 cm³/mol. The minimum absolute atomic E-state index is 0.0514. The van der Waals surface area contributed by atoms with Crippen molar-refractivity contribution in [2.75, 3.05) is 13.1 Å². The zero-order chi connectivity index (χ0) is 16.0. The van der Waals surface area contributed by atoms with Gasteiger partial charge in [-0.05, 0) is 25.0 Å². The Balaban J connectivity index is 2.62. The molecule has 1 N–H and O–H groups in total. The molecular weight excluding hydrogens is 264 g/mol. The summed E-state index contributed by atoms with van der Waals surface area (Å²) in [6.07, 6.45) is 0. The van der Waals surface area contributed by atoms with E-state index in [0.29, 0.717) is 13.1 Å². The van der Waals surface area contributed by atoms with Crippen LogP contribution in [0.25, 0.3) is 0 Å². The molecule has 0 bridgehead atoms. The van der Waals surface area contributed by atoms with Crippen molar-refractivity contribution in [3.63, 3.8) is 0 Å². The Morgan fingerprint density at radius 3 is 2.33 bits per heavy atom. The second kappa shape index (κ2) is 7.25. The smallest absolute Gasteiger partial charge is 0.242 e. The molecule has 0 saturated carbocycles. The molecule has 21 heavy (non-hydrogen) atoms. The first-order valence-electron chi connectivity index (χ1n) is 7.36. The Kier molecular flexibility index (Phi) is 5.94. The Morgan fingerprint density at radius 1 is 1.19 bits per heavy atom. The summed E-state index contributed by atoms with van der Waals surface area (Å²) in [5.41, 5.74) is 1.82. The van der Waals surface area contributed by atoms with Crippen molar-refractivity contribution in [3.8, 4) is 0 Å². The van der Waals surface area contributed by atoms with Crippen molar-refractivity contribution in [2.24, 2.45) is 5.41 Å². The molecule has 0 aliphatic rings. The fraction of sp³-hybridized carbons (Fsp3) is 0.529. The predicted octanol–water partition coefficient (Wildman–Crippen LogP) is 2.51. The van der Waals surface area contributed by atoms with E-state index in [1.165, 1.54) is 5.56 Å². The number of aryl methyl sites for hydroxylation is 1. The monoisotopic (exact) mass is 290 g/mol. The lowest BCUT2D eigenvalue weighted by Gasteiger charge is -2.23. The molecular formula is C17H26N2O2. The van der Waals surface area contributed by atoms with Gasteiger partial charge in [-0.3, -0.25) is 9.59 Å². The summed E-state index contributed by atoms with van der Waals surface area (Å²) in [5.74, 6) is -0.166. The van der Waals surface area contributed by atoms with Crippen molar-refractivity contribution in [2.45, 2.75) is 41.2 Å². The van der Waals surface area contributed by atoms with Gasteiger partial charge in [-0.1, -0.05) is 45.0 Å². The standard InChI is InChI=1S/C17H26N2O2/c1-6-19(12-14-10-8-7-9-13(14)2)15(20)11-18-16(21)17(3,4)5/h7-10H,6,11-12H2,1-5H3,(H,18,21). The molecule has 1 aromatic carbocycles. The highest BCUT2D eigenvalue weighted by Gasteiger charge is 2.22. The van der Waals surface area contributed by atoms with Gasteiger partial charge in [0, 0.05) is 18.5 Å². The van der Waals surface area contributed by atoms with Crippen molar-refractivity contribution >= 4 is 11.8 Å². The number of likely N-dealkylation sites (N-methyl/N-ethyl adjacent to an activating group) is 1. The summed E-state index contributed by atoms with van der Waals surface area (Å²) in [4.78, 5) is 25.8. The van der Waals surface area contributed by atoms with E-state index in [2.05, 4.69) is 5.32 Å². The molecule has 0 atom stereocenters. The van der Waals surface area contributed by atoms with Crippen LogP contribution in [0.4, 0.5) is 0 Å². The number of rotatable bonds is 5. The summed E-state index contributed by atoms with van der Waals surface area (Å²) in [7, 11) is 0. The molecule has 116 valence electrons. The van der Waals surface area contributed by atoms with Crippen molar-refractivity contribution in [1.29, 1.82) is 0 Å². The maximum atomic E-state index is 12.2. The van der Waals surface area contributed by atoms with Crippen molar-refractivity contribution in [3.05, 3.63) is 35.4 Å². The maximum absolute atomic E-state index is 12.2. The molecule has 4 heteroatoms. The van der Waals surface area contributed by atoms with Crippen LogP contribution in [-0.2, 0) is 16.1 Å². The molecule has 0 aromatic heterocycles. The second-order valence-corrected chi connectivity index (χ2v) is 6.27. The molecule has 4 nitrogen and oxygen atoms in total. The highest BCUT2D eigenvalue weighted by molar-refractivity contribution is 5.87. The lowest BCUT2D eigenvalue weighted by molar-refractivity contribution is -0.135. The Morgan fingerprint density at radius 2 is 1.81 bits per heavy atom. The fourth-order valence-electron chi connectivity index (χ4n) is 1.90. The van der Waals surface area contributed by atoms with E-state index in [-0.39, 0.29) is 18.4 Å². The summed E-state index contributed by atoms with van der Waals surface area (Å²) in [5, 5.41) is 2.71. The highest BCUT2D eigenvalue weighted by Crippen LogP contribution is 2.13. The van der Waals surface area contributed by atoms with Gasteiger partial charge < -0.3 is 10.2 Å². The topological polar surface area (TPSA) is 49.4 Å². The van der Waals surface area contributed by atoms with Crippen molar-refractivity contribution in [1.82, 2.24) is 10.2 Å². The second-order valence-electron chi connectivity index (χ2n) is 6.27. The number of nitrogens with one attached hydrogen (secondary N) is 1. The first kappa shape index (κ1) is 17.2. The van der Waals surface area contributed by atoms with Crippen molar-refractivity contribution < 1.29 is 9.59 Å². The fourth-order valence-corrected chi connectivity index (χ4v) is 1.90. The van der Waals surface area contributed by atoms with Gasteiger partial charge in [0.2, 0.25) is 11.8 Å². The van der Waals surface area contributed by atoms with Gasteiger partial charge in [0.05, 0.1) is 6.54 Å². The lowest BCUT2D eigenvalue weighted by Crippen LogP contribution is -2.43. The number of nitrogens with zero attached hydrogens (tertiary/aromatic N) is 1. The first-order valence-corrected chi connectivity index (χ1v) is 7.36. The molecule has 2 amide bonds. The third kappa shape index (κ3) is 5.21. The van der Waals surface area contributed by atoms with E-state index in [4.69, 9.17) is 0 Å². The maximum Gasteiger partial charge on any atom is 0.242 e. The van der Waals surface area contributed by atoms with E-state index >= 15 is 0 Å². The van der Waals surface area contributed by atoms with Crippen LogP contribution in [0.5, 0.6) is 0 Å². The molecule has 0 radical (unpaired) electrons. The van der Waals surface area contributed by atoms with Gasteiger partial charge in [-0.25, -0.2) is 0 Å². The van der Waals surface area contributed by atoms with E-state index in [1.54, 1.807) is 4.90 Å². The molecule has 0 spiro atoms. The van der Waals surface area contributed by atoms with Crippen LogP contribution in [0, 0.1) is 12.3 Å². The van der Waals surface area contributed by atoms with Gasteiger partial charge in [-0.2, -0.15) is 0 Å². The number of amides is 2. The van der Waals surface area contributed by atoms with Crippen LogP contribution < -0.4 is 5.32 Å². The number of carbonyl (C=O) groups is 2. The molecule has 1 rings (SSSR count). The minimum Gasteiger partial charge on any atom is -0.347 e. The minimum atomic E-state index is -0.479. The van der Waals surface area contributed by atoms with Crippen LogP contribution in [0.2, 0.25) is 0 Å². The van der Waals surface area contributed by atoms with Crippen LogP contribution >= 0.6 is 0 Å². The third-order valence-corrected chi connectivity index (χ3v) is 3.44. The van der Waals surface area contributed by atoms with Crippen LogP contribution in [-0.4, -0.2) is 29.8 Å². The van der Waals surface area contributed by atoms with E-state index < -0.39 is 5.41 Å². The molecule has 0 heterocycles.